The summed E-state index contributed by atoms with van der Waals surface area (Å²) in [7, 11) is 0. The lowest BCUT2D eigenvalue weighted by Gasteiger charge is -2.58. The summed E-state index contributed by atoms with van der Waals surface area (Å²) in [5.41, 5.74) is 1.79. The second kappa shape index (κ2) is 4.54. The lowest BCUT2D eigenvalue weighted by Crippen LogP contribution is -2.55. The number of fused-ring (bicyclic) bond motifs is 7. The SMILES string of the molecule is CC(=O)[C@@]12N[C@@H]1CC1C3CC=C4C[C@@H](O)CC[C@]4(C)C3CC[C@@]12C. The highest BCUT2D eigenvalue weighted by Crippen LogP contribution is 2.70. The number of carbonyl (C=O) groups excluding carboxylic acids is 1. The van der Waals surface area contributed by atoms with Crippen molar-refractivity contribution in [1.29, 1.82) is 0 Å². The van der Waals surface area contributed by atoms with Gasteiger partial charge in [0.05, 0.1) is 11.6 Å². The van der Waals surface area contributed by atoms with Gasteiger partial charge in [-0.2, -0.15) is 0 Å². The van der Waals surface area contributed by atoms with Crippen molar-refractivity contribution in [3.8, 4) is 0 Å². The van der Waals surface area contributed by atoms with E-state index < -0.39 is 0 Å². The van der Waals surface area contributed by atoms with Crippen LogP contribution in [0.3, 0.4) is 0 Å². The maximum atomic E-state index is 12.5. The molecule has 2 N–H and O–H groups in total. The molecular formula is C21H31NO2. The van der Waals surface area contributed by atoms with Crippen LogP contribution in [0.25, 0.3) is 0 Å². The molecule has 24 heavy (non-hydrogen) atoms. The van der Waals surface area contributed by atoms with Gasteiger partial charge < -0.3 is 5.11 Å². The molecule has 132 valence electrons. The van der Waals surface area contributed by atoms with Gasteiger partial charge in [0, 0.05) is 6.04 Å². The van der Waals surface area contributed by atoms with Crippen molar-refractivity contribution < 1.29 is 9.90 Å². The highest BCUT2D eigenvalue weighted by Gasteiger charge is 2.77. The van der Waals surface area contributed by atoms with E-state index in [1.54, 1.807) is 6.92 Å². The summed E-state index contributed by atoms with van der Waals surface area (Å²) in [5.74, 6) is 2.55. The fourth-order valence-corrected chi connectivity index (χ4v) is 7.92. The summed E-state index contributed by atoms with van der Waals surface area (Å²) in [6.45, 7) is 6.68. The van der Waals surface area contributed by atoms with Gasteiger partial charge in [-0.25, -0.2) is 0 Å². The van der Waals surface area contributed by atoms with Crippen molar-refractivity contribution in [2.75, 3.05) is 0 Å². The van der Waals surface area contributed by atoms with Gasteiger partial charge in [0.2, 0.25) is 0 Å². The van der Waals surface area contributed by atoms with Crippen molar-refractivity contribution >= 4 is 5.78 Å². The molecule has 0 bridgehead atoms. The third-order valence-electron chi connectivity index (χ3n) is 9.25. The number of carbonyl (C=O) groups is 1. The van der Waals surface area contributed by atoms with Gasteiger partial charge in [0.25, 0.3) is 0 Å². The van der Waals surface area contributed by atoms with Gasteiger partial charge in [0.15, 0.2) is 5.78 Å². The van der Waals surface area contributed by atoms with Crippen molar-refractivity contribution in [1.82, 2.24) is 5.32 Å². The van der Waals surface area contributed by atoms with Crippen LogP contribution in [0.2, 0.25) is 0 Å². The largest absolute Gasteiger partial charge is 0.393 e. The van der Waals surface area contributed by atoms with E-state index in [9.17, 15) is 9.90 Å². The van der Waals surface area contributed by atoms with Gasteiger partial charge >= 0.3 is 0 Å². The minimum atomic E-state index is -0.198. The molecule has 0 radical (unpaired) electrons. The van der Waals surface area contributed by atoms with E-state index in [0.717, 1.165) is 31.1 Å². The molecule has 5 aliphatic rings. The van der Waals surface area contributed by atoms with Crippen LogP contribution in [0, 0.1) is 28.6 Å². The fraction of sp³-hybridized carbons (Fsp3) is 0.857. The number of allylic oxidation sites excluding steroid dienone is 1. The van der Waals surface area contributed by atoms with Crippen LogP contribution in [0.5, 0.6) is 0 Å². The number of hydrogen-bond donors (Lipinski definition) is 2. The first-order valence-corrected chi connectivity index (χ1v) is 9.99. The summed E-state index contributed by atoms with van der Waals surface area (Å²) in [5, 5.41) is 13.7. The van der Waals surface area contributed by atoms with E-state index in [4.69, 9.17) is 0 Å². The Hall–Kier alpha value is -0.670. The summed E-state index contributed by atoms with van der Waals surface area (Å²) < 4.78 is 0. The zero-order valence-corrected chi connectivity index (χ0v) is 15.3. The summed E-state index contributed by atoms with van der Waals surface area (Å²) in [6.07, 6.45) is 10.2. The van der Waals surface area contributed by atoms with E-state index in [1.165, 1.54) is 31.3 Å². The van der Waals surface area contributed by atoms with Crippen molar-refractivity contribution in [3.63, 3.8) is 0 Å². The Morgan fingerprint density at radius 1 is 1.25 bits per heavy atom. The lowest BCUT2D eigenvalue weighted by molar-refractivity contribution is -0.126. The van der Waals surface area contributed by atoms with Crippen molar-refractivity contribution in [2.24, 2.45) is 28.6 Å². The average Bonchev–Trinajstić information content (AvgIpc) is 3.21. The summed E-state index contributed by atoms with van der Waals surface area (Å²) in [4.78, 5) is 12.5. The van der Waals surface area contributed by atoms with Crippen molar-refractivity contribution in [2.45, 2.75) is 83.4 Å². The summed E-state index contributed by atoms with van der Waals surface area (Å²) >= 11 is 0. The predicted octanol–water partition coefficient (Wildman–Crippen LogP) is 3.22. The smallest absolute Gasteiger partial charge is 0.151 e. The van der Waals surface area contributed by atoms with Gasteiger partial charge in [-0.1, -0.05) is 25.5 Å². The second-order valence-electron chi connectivity index (χ2n) is 9.91. The van der Waals surface area contributed by atoms with Crippen LogP contribution in [-0.4, -0.2) is 28.6 Å². The number of Topliss-reactive ketones (excluding diaryl/α,β-unsaturated/α-hetero) is 1. The molecule has 4 aliphatic carbocycles. The molecular weight excluding hydrogens is 298 g/mol. The maximum absolute atomic E-state index is 12.5. The normalized spacial score (nSPS) is 58.0. The molecule has 5 rings (SSSR count). The third-order valence-corrected chi connectivity index (χ3v) is 9.25. The van der Waals surface area contributed by atoms with Crippen LogP contribution in [0.4, 0.5) is 0 Å². The molecule has 3 heteroatoms. The molecule has 0 spiro atoms. The molecule has 3 unspecified atom stereocenters. The zero-order chi connectivity index (χ0) is 16.9. The Bertz CT molecular complexity index is 642. The Kier molecular flexibility index (Phi) is 2.94. The van der Waals surface area contributed by atoms with E-state index in [1.807, 2.05) is 0 Å². The van der Waals surface area contributed by atoms with Gasteiger partial charge in [-0.3, -0.25) is 10.1 Å². The van der Waals surface area contributed by atoms with E-state index in [0.29, 0.717) is 23.2 Å². The Labute approximate surface area is 145 Å². The molecule has 3 saturated carbocycles. The van der Waals surface area contributed by atoms with Gasteiger partial charge in [-0.05, 0) is 80.5 Å². The molecule has 3 nitrogen and oxygen atoms in total. The quantitative estimate of drug-likeness (QED) is 0.573. The third kappa shape index (κ3) is 1.60. The van der Waals surface area contributed by atoms with Gasteiger partial charge in [0.1, 0.15) is 0 Å². The minimum absolute atomic E-state index is 0.126. The average molecular weight is 329 g/mol. The first kappa shape index (κ1) is 15.6. The van der Waals surface area contributed by atoms with E-state index in [2.05, 4.69) is 25.2 Å². The molecule has 1 saturated heterocycles. The molecule has 1 aliphatic heterocycles. The molecule has 0 aromatic rings. The van der Waals surface area contributed by atoms with Crippen molar-refractivity contribution in [3.05, 3.63) is 11.6 Å². The Morgan fingerprint density at radius 2 is 2.04 bits per heavy atom. The van der Waals surface area contributed by atoms with Crippen LogP contribution in [0.15, 0.2) is 11.6 Å². The molecule has 0 aromatic carbocycles. The van der Waals surface area contributed by atoms with Crippen LogP contribution < -0.4 is 5.32 Å². The maximum Gasteiger partial charge on any atom is 0.151 e. The number of nitrogens with one attached hydrogen (secondary N) is 1. The first-order chi connectivity index (χ1) is 11.3. The standard InChI is InChI=1S/C21H31NO2/c1-12(23)21-18(22-21)11-17-15-5-4-13-10-14(24)6-8-19(13,2)16(15)7-9-20(17,21)3/h4,14-18,22,24H,5-11H2,1-3H3/t14-,15?,16?,17?,18+,19-,20-,21+/m0/s1. The van der Waals surface area contributed by atoms with E-state index in [-0.39, 0.29) is 17.1 Å². The van der Waals surface area contributed by atoms with Gasteiger partial charge in [-0.15, -0.1) is 0 Å². The fourth-order valence-electron chi connectivity index (χ4n) is 7.92. The second-order valence-corrected chi connectivity index (χ2v) is 9.91. The number of aliphatic hydroxyl groups is 1. The molecule has 0 amide bonds. The highest BCUT2D eigenvalue weighted by atomic mass is 16.3. The van der Waals surface area contributed by atoms with Crippen LogP contribution in [-0.2, 0) is 4.79 Å². The molecule has 8 atom stereocenters. The molecule has 4 fully saturated rings. The van der Waals surface area contributed by atoms with Crippen LogP contribution >= 0.6 is 0 Å². The predicted molar refractivity (Wildman–Crippen MR) is 93.4 cm³/mol. The Morgan fingerprint density at radius 3 is 2.79 bits per heavy atom. The number of ketones is 1. The Balaban J connectivity index is 1.51. The number of piperidine rings is 1. The summed E-state index contributed by atoms with van der Waals surface area (Å²) in [6, 6.07) is 0.440. The van der Waals surface area contributed by atoms with Crippen LogP contribution in [0.1, 0.15) is 65.7 Å². The van der Waals surface area contributed by atoms with E-state index >= 15 is 0 Å². The molecule has 1 heterocycles. The topological polar surface area (TPSA) is 59.2 Å². The highest BCUT2D eigenvalue weighted by molar-refractivity contribution is 5.92. The zero-order valence-electron chi connectivity index (χ0n) is 15.3. The lowest BCUT2D eigenvalue weighted by atomic mass is 9.46. The number of hydrogen-bond acceptors (Lipinski definition) is 3. The first-order valence-electron chi connectivity index (χ1n) is 9.99. The number of rotatable bonds is 1. The minimum Gasteiger partial charge on any atom is -0.393 e. The number of aliphatic hydroxyl groups excluding tert-OH is 1. The molecule has 0 aromatic heterocycles. The monoisotopic (exact) mass is 329 g/mol.